The first kappa shape index (κ1) is 19.3. The Balaban J connectivity index is 1.71. The fourth-order valence-corrected chi connectivity index (χ4v) is 3.58. The lowest BCUT2D eigenvalue weighted by molar-refractivity contribution is 0.0658. The second kappa shape index (κ2) is 8.95. The molecule has 0 saturated carbocycles. The van der Waals surface area contributed by atoms with Crippen LogP contribution in [0.15, 0.2) is 35.3 Å². The van der Waals surface area contributed by atoms with E-state index in [-0.39, 0.29) is 17.0 Å². The van der Waals surface area contributed by atoms with Crippen molar-refractivity contribution in [3.8, 4) is 11.4 Å². The number of aryl methyl sites for hydroxylation is 1. The van der Waals surface area contributed by atoms with Gasteiger partial charge in [0.25, 0.3) is 11.5 Å². The van der Waals surface area contributed by atoms with E-state index in [1.54, 1.807) is 12.0 Å². The number of methoxy groups -OCH3 is 1. The summed E-state index contributed by atoms with van der Waals surface area (Å²) in [6.07, 6.45) is 5.53. The molecule has 1 unspecified atom stereocenters. The fraction of sp³-hybridized carbons (Fsp3) is 0.476. The highest BCUT2D eigenvalue weighted by molar-refractivity contribution is 5.93. The molecule has 2 heterocycles. The Morgan fingerprint density at radius 2 is 2.11 bits per heavy atom. The lowest BCUT2D eigenvalue weighted by Crippen LogP contribution is -2.42. The summed E-state index contributed by atoms with van der Waals surface area (Å²) in [5, 5.41) is 0. The van der Waals surface area contributed by atoms with Crippen LogP contribution in [-0.4, -0.2) is 47.6 Å². The zero-order valence-corrected chi connectivity index (χ0v) is 16.0. The molecule has 0 radical (unpaired) electrons. The zero-order valence-electron chi connectivity index (χ0n) is 16.0. The van der Waals surface area contributed by atoms with Crippen LogP contribution in [-0.2, 0) is 4.74 Å². The van der Waals surface area contributed by atoms with Crippen LogP contribution >= 0.6 is 0 Å². The summed E-state index contributed by atoms with van der Waals surface area (Å²) < 4.78 is 5.11. The number of hydrogen-bond donors (Lipinski definition) is 1. The molecule has 1 aromatic carbocycles. The molecule has 1 amide bonds. The number of nitrogens with one attached hydrogen (secondary N) is 1. The van der Waals surface area contributed by atoms with Gasteiger partial charge in [0.05, 0.1) is 0 Å². The van der Waals surface area contributed by atoms with E-state index < -0.39 is 0 Å². The molecule has 1 aliphatic heterocycles. The summed E-state index contributed by atoms with van der Waals surface area (Å²) in [5.74, 6) is 0.722. The summed E-state index contributed by atoms with van der Waals surface area (Å²) in [7, 11) is 1.70. The van der Waals surface area contributed by atoms with Gasteiger partial charge in [0.1, 0.15) is 11.4 Å². The third-order valence-electron chi connectivity index (χ3n) is 5.12. The molecule has 144 valence electrons. The van der Waals surface area contributed by atoms with Gasteiger partial charge in [0, 0.05) is 38.6 Å². The number of ether oxygens (including phenoxy) is 1. The number of likely N-dealkylation sites (tertiary alicyclic amines) is 1. The van der Waals surface area contributed by atoms with Gasteiger partial charge < -0.3 is 14.6 Å². The third kappa shape index (κ3) is 4.83. The van der Waals surface area contributed by atoms with Crippen LogP contribution in [0.5, 0.6) is 0 Å². The summed E-state index contributed by atoms with van der Waals surface area (Å²) in [6, 6.07) is 7.74. The molecule has 6 nitrogen and oxygen atoms in total. The van der Waals surface area contributed by atoms with E-state index in [2.05, 4.69) is 9.97 Å². The maximum atomic E-state index is 12.8. The predicted octanol–water partition coefficient (Wildman–Crippen LogP) is 3.02. The number of benzene rings is 1. The quantitative estimate of drug-likeness (QED) is 0.794. The number of amides is 1. The van der Waals surface area contributed by atoms with Gasteiger partial charge in [-0.15, -0.1) is 0 Å². The molecule has 1 fully saturated rings. The van der Waals surface area contributed by atoms with Gasteiger partial charge in [-0.3, -0.25) is 9.59 Å². The molecule has 1 atom stereocenters. The Morgan fingerprint density at radius 1 is 1.33 bits per heavy atom. The minimum atomic E-state index is -0.382. The smallest absolute Gasteiger partial charge is 0.264 e. The zero-order chi connectivity index (χ0) is 19.2. The largest absolute Gasteiger partial charge is 0.385 e. The van der Waals surface area contributed by atoms with Crippen molar-refractivity contribution in [3.05, 3.63) is 51.9 Å². The molecule has 1 saturated heterocycles. The van der Waals surface area contributed by atoms with Crippen LogP contribution in [0, 0.1) is 12.8 Å². The van der Waals surface area contributed by atoms with Crippen LogP contribution in [0.1, 0.15) is 41.6 Å². The molecule has 0 aliphatic carbocycles. The summed E-state index contributed by atoms with van der Waals surface area (Å²) in [6.45, 7) is 4.14. The van der Waals surface area contributed by atoms with Gasteiger partial charge in [-0.25, -0.2) is 4.98 Å². The molecule has 2 aromatic rings. The minimum absolute atomic E-state index is 0.114. The SMILES string of the molecule is COCCCC1CCCN(C(=O)c2cnc(-c3ccc(C)cc3)[nH]c2=O)C1. The maximum absolute atomic E-state index is 12.8. The standard InChI is InChI=1S/C21H27N3O3/c1-15-7-9-17(10-8-15)19-22-13-18(20(25)23-19)21(26)24-11-3-5-16(14-24)6-4-12-27-2/h7-10,13,16H,3-6,11-12,14H2,1-2H3,(H,22,23,25). The molecule has 27 heavy (non-hydrogen) atoms. The third-order valence-corrected chi connectivity index (χ3v) is 5.12. The van der Waals surface area contributed by atoms with E-state index in [0.717, 1.165) is 43.4 Å². The molecule has 1 aliphatic rings. The van der Waals surface area contributed by atoms with Crippen molar-refractivity contribution in [2.45, 2.75) is 32.6 Å². The average molecular weight is 369 g/mol. The van der Waals surface area contributed by atoms with Gasteiger partial charge in [0.15, 0.2) is 0 Å². The Labute approximate surface area is 159 Å². The second-order valence-electron chi connectivity index (χ2n) is 7.24. The van der Waals surface area contributed by atoms with E-state index in [4.69, 9.17) is 4.74 Å². The van der Waals surface area contributed by atoms with Crippen LogP contribution < -0.4 is 5.56 Å². The highest BCUT2D eigenvalue weighted by Gasteiger charge is 2.26. The molecule has 1 aromatic heterocycles. The number of piperidine rings is 1. The number of H-pyrrole nitrogens is 1. The van der Waals surface area contributed by atoms with Gasteiger partial charge in [-0.05, 0) is 38.5 Å². The van der Waals surface area contributed by atoms with E-state index in [1.165, 1.54) is 6.20 Å². The van der Waals surface area contributed by atoms with Crippen molar-refractivity contribution >= 4 is 5.91 Å². The topological polar surface area (TPSA) is 75.3 Å². The lowest BCUT2D eigenvalue weighted by Gasteiger charge is -2.32. The van der Waals surface area contributed by atoms with Crippen LogP contribution in [0.2, 0.25) is 0 Å². The van der Waals surface area contributed by atoms with Crippen LogP contribution in [0.4, 0.5) is 0 Å². The van der Waals surface area contributed by atoms with E-state index in [0.29, 0.717) is 24.8 Å². The number of rotatable bonds is 6. The van der Waals surface area contributed by atoms with Gasteiger partial charge in [-0.1, -0.05) is 29.8 Å². The number of nitrogens with zero attached hydrogens (tertiary/aromatic N) is 2. The predicted molar refractivity (Wildman–Crippen MR) is 105 cm³/mol. The van der Waals surface area contributed by atoms with E-state index in [9.17, 15) is 9.59 Å². The lowest BCUT2D eigenvalue weighted by atomic mass is 9.93. The molecular weight excluding hydrogens is 342 g/mol. The van der Waals surface area contributed by atoms with E-state index in [1.807, 2.05) is 31.2 Å². The Bertz CT molecular complexity index is 829. The molecule has 3 rings (SSSR count). The van der Waals surface area contributed by atoms with Crippen molar-refractivity contribution in [1.29, 1.82) is 0 Å². The first-order valence-corrected chi connectivity index (χ1v) is 9.53. The Kier molecular flexibility index (Phi) is 6.40. The van der Waals surface area contributed by atoms with Gasteiger partial charge in [0.2, 0.25) is 0 Å². The Hall–Kier alpha value is -2.47. The number of carbonyl (C=O) groups excluding carboxylic acids is 1. The number of hydrogen-bond acceptors (Lipinski definition) is 4. The minimum Gasteiger partial charge on any atom is -0.385 e. The molecule has 0 bridgehead atoms. The number of aromatic amines is 1. The molecular formula is C21H27N3O3. The monoisotopic (exact) mass is 369 g/mol. The first-order chi connectivity index (χ1) is 13.1. The molecule has 6 heteroatoms. The van der Waals surface area contributed by atoms with Crippen molar-refractivity contribution in [1.82, 2.24) is 14.9 Å². The fourth-order valence-electron chi connectivity index (χ4n) is 3.58. The van der Waals surface area contributed by atoms with Gasteiger partial charge in [-0.2, -0.15) is 0 Å². The first-order valence-electron chi connectivity index (χ1n) is 9.53. The normalized spacial score (nSPS) is 17.1. The molecule has 0 spiro atoms. The second-order valence-corrected chi connectivity index (χ2v) is 7.24. The highest BCUT2D eigenvalue weighted by atomic mass is 16.5. The van der Waals surface area contributed by atoms with Crippen molar-refractivity contribution in [3.63, 3.8) is 0 Å². The Morgan fingerprint density at radius 3 is 2.81 bits per heavy atom. The number of carbonyl (C=O) groups is 1. The van der Waals surface area contributed by atoms with Crippen molar-refractivity contribution < 1.29 is 9.53 Å². The maximum Gasteiger partial charge on any atom is 0.264 e. The van der Waals surface area contributed by atoms with Crippen molar-refractivity contribution in [2.75, 3.05) is 26.8 Å². The summed E-state index contributed by atoms with van der Waals surface area (Å²) in [4.78, 5) is 34.2. The molecule has 1 N–H and O–H groups in total. The summed E-state index contributed by atoms with van der Waals surface area (Å²) >= 11 is 0. The van der Waals surface area contributed by atoms with Crippen molar-refractivity contribution in [2.24, 2.45) is 5.92 Å². The van der Waals surface area contributed by atoms with Crippen LogP contribution in [0.25, 0.3) is 11.4 Å². The average Bonchev–Trinajstić information content (AvgIpc) is 2.68. The van der Waals surface area contributed by atoms with Crippen LogP contribution in [0.3, 0.4) is 0 Å². The highest BCUT2D eigenvalue weighted by Crippen LogP contribution is 2.22. The van der Waals surface area contributed by atoms with Gasteiger partial charge >= 0.3 is 0 Å². The summed E-state index contributed by atoms with van der Waals surface area (Å²) in [5.41, 5.74) is 1.70. The number of aromatic nitrogens is 2. The van der Waals surface area contributed by atoms with E-state index >= 15 is 0 Å².